The highest BCUT2D eigenvalue weighted by Gasteiger charge is 2.14. The van der Waals surface area contributed by atoms with Crippen molar-refractivity contribution in [3.63, 3.8) is 0 Å². The maximum Gasteiger partial charge on any atom is 0.227 e. The van der Waals surface area contributed by atoms with Gasteiger partial charge in [0.1, 0.15) is 5.82 Å². The van der Waals surface area contributed by atoms with Crippen molar-refractivity contribution in [3.05, 3.63) is 54.1 Å². The van der Waals surface area contributed by atoms with Crippen LogP contribution in [0, 0.1) is 5.82 Å². The highest BCUT2D eigenvalue weighted by Crippen LogP contribution is 2.22. The summed E-state index contributed by atoms with van der Waals surface area (Å²) in [5.74, 6) is -1.14. The number of pyridine rings is 1. The Bertz CT molecular complexity index is 619. The molecule has 20 heavy (non-hydrogen) atoms. The van der Waals surface area contributed by atoms with Crippen molar-refractivity contribution < 1.29 is 19.4 Å². The first-order chi connectivity index (χ1) is 9.56. The van der Waals surface area contributed by atoms with Crippen molar-refractivity contribution in [2.75, 3.05) is 5.32 Å². The number of hydrogen-bond donors (Lipinski definition) is 3. The smallest absolute Gasteiger partial charge is 0.227 e. The van der Waals surface area contributed by atoms with Gasteiger partial charge < -0.3 is 15.5 Å². The van der Waals surface area contributed by atoms with Gasteiger partial charge in [0.05, 0.1) is 24.4 Å². The van der Waals surface area contributed by atoms with Crippen LogP contribution in [0.4, 0.5) is 10.1 Å². The highest BCUT2D eigenvalue weighted by atomic mass is 19.1. The maximum absolute atomic E-state index is 13.0. The fraction of sp³-hybridized carbons (Fsp3) is 0.143. The van der Waals surface area contributed by atoms with E-state index in [0.717, 1.165) is 0 Å². The van der Waals surface area contributed by atoms with Gasteiger partial charge >= 0.3 is 0 Å². The molecule has 0 saturated heterocycles. The zero-order valence-electron chi connectivity index (χ0n) is 10.5. The van der Waals surface area contributed by atoms with E-state index in [1.807, 2.05) is 0 Å². The number of halogens is 1. The Kier molecular flexibility index (Phi) is 4.27. The maximum atomic E-state index is 13.0. The summed E-state index contributed by atoms with van der Waals surface area (Å²) in [5.41, 5.74) is 0.524. The number of aromatic nitrogens is 1. The van der Waals surface area contributed by atoms with Crippen molar-refractivity contribution >= 4 is 11.6 Å². The monoisotopic (exact) mass is 276 g/mol. The predicted molar refractivity (Wildman–Crippen MR) is 70.5 cm³/mol. The van der Waals surface area contributed by atoms with E-state index in [9.17, 15) is 19.4 Å². The van der Waals surface area contributed by atoms with Gasteiger partial charge in [-0.1, -0.05) is 12.1 Å². The minimum Gasteiger partial charge on any atom is -0.504 e. The summed E-state index contributed by atoms with van der Waals surface area (Å²) in [6.07, 6.45) is 1.25. The van der Waals surface area contributed by atoms with Crippen molar-refractivity contribution in [2.45, 2.75) is 12.5 Å². The lowest BCUT2D eigenvalue weighted by Gasteiger charge is -2.11. The van der Waals surface area contributed by atoms with E-state index in [2.05, 4.69) is 10.3 Å². The molecule has 0 aliphatic heterocycles. The van der Waals surface area contributed by atoms with Crippen molar-refractivity contribution in [2.24, 2.45) is 0 Å². The number of nitrogens with one attached hydrogen (secondary N) is 1. The zero-order valence-corrected chi connectivity index (χ0v) is 10.5. The molecule has 1 amide bonds. The lowest BCUT2D eigenvalue weighted by Crippen LogP contribution is -2.15. The van der Waals surface area contributed by atoms with Crippen LogP contribution in [-0.2, 0) is 4.79 Å². The van der Waals surface area contributed by atoms with Crippen LogP contribution in [0.5, 0.6) is 5.75 Å². The third-order valence-electron chi connectivity index (χ3n) is 2.69. The van der Waals surface area contributed by atoms with E-state index in [-0.39, 0.29) is 17.9 Å². The molecule has 0 aliphatic rings. The van der Waals surface area contributed by atoms with Gasteiger partial charge in [-0.15, -0.1) is 0 Å². The second kappa shape index (κ2) is 6.12. The number of anilines is 1. The number of aliphatic hydroxyl groups is 1. The molecule has 0 saturated carbocycles. The van der Waals surface area contributed by atoms with Crippen molar-refractivity contribution in [1.29, 1.82) is 0 Å². The first kappa shape index (κ1) is 14.0. The zero-order chi connectivity index (χ0) is 14.5. The molecule has 0 aliphatic carbocycles. The number of benzene rings is 1. The third-order valence-corrected chi connectivity index (χ3v) is 2.69. The van der Waals surface area contributed by atoms with Crippen LogP contribution in [-0.4, -0.2) is 21.1 Å². The predicted octanol–water partition coefficient (Wildman–Crippen LogP) is 1.99. The molecule has 1 atom stereocenters. The van der Waals surface area contributed by atoms with Crippen LogP contribution in [0.3, 0.4) is 0 Å². The van der Waals surface area contributed by atoms with Crippen LogP contribution in [0.25, 0.3) is 0 Å². The molecule has 1 aromatic carbocycles. The fourth-order valence-corrected chi connectivity index (χ4v) is 1.70. The topological polar surface area (TPSA) is 82.5 Å². The number of aliphatic hydroxyl groups excluding tert-OH is 1. The minimum atomic E-state index is -1.12. The first-order valence-electron chi connectivity index (χ1n) is 5.92. The van der Waals surface area contributed by atoms with Crippen molar-refractivity contribution in [1.82, 2.24) is 4.98 Å². The van der Waals surface area contributed by atoms with Gasteiger partial charge in [0.25, 0.3) is 0 Å². The fourth-order valence-electron chi connectivity index (χ4n) is 1.70. The van der Waals surface area contributed by atoms with E-state index in [0.29, 0.717) is 5.56 Å². The van der Waals surface area contributed by atoms with Gasteiger partial charge in [0.15, 0.2) is 5.75 Å². The van der Waals surface area contributed by atoms with E-state index < -0.39 is 17.8 Å². The number of hydrogen-bond acceptors (Lipinski definition) is 4. The average molecular weight is 276 g/mol. The second-order valence-electron chi connectivity index (χ2n) is 4.22. The Morgan fingerprint density at radius 1 is 1.40 bits per heavy atom. The molecule has 1 aromatic heterocycles. The summed E-state index contributed by atoms with van der Waals surface area (Å²) in [7, 11) is 0. The van der Waals surface area contributed by atoms with E-state index >= 15 is 0 Å². The van der Waals surface area contributed by atoms with E-state index in [1.165, 1.54) is 42.7 Å². The van der Waals surface area contributed by atoms with Gasteiger partial charge in [-0.2, -0.15) is 0 Å². The summed E-state index contributed by atoms with van der Waals surface area (Å²) < 4.78 is 13.0. The van der Waals surface area contributed by atoms with Gasteiger partial charge in [-0.3, -0.25) is 9.78 Å². The number of nitrogens with zero attached hydrogens (tertiary/aromatic N) is 1. The van der Waals surface area contributed by atoms with E-state index in [1.54, 1.807) is 0 Å². The number of aromatic hydroxyl groups is 1. The van der Waals surface area contributed by atoms with Crippen LogP contribution in [0.2, 0.25) is 0 Å². The van der Waals surface area contributed by atoms with Gasteiger partial charge in [0.2, 0.25) is 5.91 Å². The number of rotatable bonds is 4. The minimum absolute atomic E-state index is 0.166. The van der Waals surface area contributed by atoms with Crippen LogP contribution in [0.15, 0.2) is 42.7 Å². The number of carbonyl (C=O) groups is 1. The Hall–Kier alpha value is -2.47. The van der Waals surface area contributed by atoms with Gasteiger partial charge in [-0.05, 0) is 23.8 Å². The quantitative estimate of drug-likeness (QED) is 0.797. The summed E-state index contributed by atoms with van der Waals surface area (Å²) in [6, 6.07) is 6.85. The Morgan fingerprint density at radius 3 is 2.90 bits per heavy atom. The molecule has 0 radical (unpaired) electrons. The molecule has 104 valence electrons. The standard InChI is InChI=1S/C14H13FN2O3/c15-10-3-1-2-9(6-10)12(18)7-14(20)17-11-4-5-16-8-13(11)19/h1-6,8,12,18-19H,7H2,(H,16,17,20). The number of carbonyl (C=O) groups excluding carboxylic acids is 1. The molecule has 5 nitrogen and oxygen atoms in total. The largest absolute Gasteiger partial charge is 0.504 e. The molecule has 1 unspecified atom stereocenters. The van der Waals surface area contributed by atoms with Crippen molar-refractivity contribution in [3.8, 4) is 5.75 Å². The lowest BCUT2D eigenvalue weighted by atomic mass is 10.1. The molecule has 1 heterocycles. The normalized spacial score (nSPS) is 11.9. The third kappa shape index (κ3) is 3.52. The first-order valence-corrected chi connectivity index (χ1v) is 5.92. The highest BCUT2D eigenvalue weighted by molar-refractivity contribution is 5.92. The molecule has 0 fully saturated rings. The molecule has 6 heteroatoms. The summed E-state index contributed by atoms with van der Waals surface area (Å²) >= 11 is 0. The summed E-state index contributed by atoms with van der Waals surface area (Å²) in [5, 5.41) is 21.8. The summed E-state index contributed by atoms with van der Waals surface area (Å²) in [6.45, 7) is 0. The Balaban J connectivity index is 2.00. The average Bonchev–Trinajstić information content (AvgIpc) is 2.41. The SMILES string of the molecule is O=C(CC(O)c1cccc(F)c1)Nc1ccncc1O. The van der Waals surface area contributed by atoms with E-state index in [4.69, 9.17) is 0 Å². The second-order valence-corrected chi connectivity index (χ2v) is 4.22. The van der Waals surface area contributed by atoms with Crippen LogP contribution < -0.4 is 5.32 Å². The Morgan fingerprint density at radius 2 is 2.20 bits per heavy atom. The molecule has 2 aromatic rings. The van der Waals surface area contributed by atoms with Crippen LogP contribution in [0.1, 0.15) is 18.1 Å². The molecular weight excluding hydrogens is 263 g/mol. The molecule has 0 bridgehead atoms. The molecule has 3 N–H and O–H groups in total. The summed E-state index contributed by atoms with van der Waals surface area (Å²) in [4.78, 5) is 15.4. The molecule has 0 spiro atoms. The van der Waals surface area contributed by atoms with Gasteiger partial charge in [0, 0.05) is 6.20 Å². The number of amides is 1. The molecule has 2 rings (SSSR count). The van der Waals surface area contributed by atoms with Gasteiger partial charge in [-0.25, -0.2) is 4.39 Å². The Labute approximate surface area is 114 Å². The van der Waals surface area contributed by atoms with Crippen LogP contribution >= 0.6 is 0 Å². The molecular formula is C14H13FN2O3. The lowest BCUT2D eigenvalue weighted by molar-refractivity contribution is -0.118.